The molecule has 0 fully saturated rings. The van der Waals surface area contributed by atoms with Gasteiger partial charge in [0.2, 0.25) is 0 Å². The molecule has 62 valence electrons. The fourth-order valence-corrected chi connectivity index (χ4v) is 1.28. The van der Waals surface area contributed by atoms with Crippen LogP contribution in [0.15, 0.2) is 24.3 Å². The highest BCUT2D eigenvalue weighted by Crippen LogP contribution is 2.21. The van der Waals surface area contributed by atoms with E-state index in [9.17, 15) is 4.79 Å². The highest BCUT2D eigenvalue weighted by molar-refractivity contribution is 5.89. The molecule has 0 aliphatic rings. The lowest BCUT2D eigenvalue weighted by atomic mass is 10.2. The van der Waals surface area contributed by atoms with Gasteiger partial charge in [-0.2, -0.15) is 0 Å². The van der Waals surface area contributed by atoms with E-state index >= 15 is 0 Å². The maximum Gasteiger partial charge on any atom is 0.187 e. The molecule has 1 aromatic carbocycles. The van der Waals surface area contributed by atoms with E-state index in [1.807, 2.05) is 0 Å². The van der Waals surface area contributed by atoms with Crippen molar-refractivity contribution in [1.82, 2.24) is 4.98 Å². The minimum Gasteiger partial charge on any atom is -0.352 e. The molecule has 3 nitrogen and oxygen atoms in total. The lowest BCUT2D eigenvalue weighted by molar-refractivity contribution is 0.112. The van der Waals surface area contributed by atoms with Gasteiger partial charge in [0.05, 0.1) is 12.3 Å². The van der Waals surface area contributed by atoms with Gasteiger partial charge in [0.15, 0.2) is 12.0 Å². The number of hydrogen-bond acceptors (Lipinski definition) is 1. The van der Waals surface area contributed by atoms with E-state index in [4.69, 9.17) is 6.57 Å². The minimum absolute atomic E-state index is 0.539. The average molecular weight is 170 g/mol. The highest BCUT2D eigenvalue weighted by atomic mass is 16.1. The smallest absolute Gasteiger partial charge is 0.187 e. The van der Waals surface area contributed by atoms with Crippen molar-refractivity contribution >= 4 is 22.9 Å². The van der Waals surface area contributed by atoms with Crippen molar-refractivity contribution in [3.05, 3.63) is 41.4 Å². The molecule has 0 amide bonds. The van der Waals surface area contributed by atoms with Crippen LogP contribution in [-0.2, 0) is 0 Å². The summed E-state index contributed by atoms with van der Waals surface area (Å²) in [5.74, 6) is 0. The van der Waals surface area contributed by atoms with Crippen molar-refractivity contribution in [1.29, 1.82) is 0 Å². The van der Waals surface area contributed by atoms with E-state index in [1.165, 1.54) is 0 Å². The monoisotopic (exact) mass is 170 g/mol. The Morgan fingerprint density at radius 3 is 2.92 bits per heavy atom. The van der Waals surface area contributed by atoms with Crippen LogP contribution in [0.5, 0.6) is 0 Å². The first kappa shape index (κ1) is 7.56. The zero-order valence-corrected chi connectivity index (χ0v) is 6.74. The van der Waals surface area contributed by atoms with Gasteiger partial charge in [-0.25, -0.2) is 4.85 Å². The quantitative estimate of drug-likeness (QED) is 0.518. The molecule has 0 aliphatic heterocycles. The van der Waals surface area contributed by atoms with Crippen LogP contribution in [-0.4, -0.2) is 11.3 Å². The summed E-state index contributed by atoms with van der Waals surface area (Å²) in [5.41, 5.74) is 2.01. The molecule has 0 spiro atoms. The normalized spacial score (nSPS) is 9.77. The van der Waals surface area contributed by atoms with Gasteiger partial charge in [0, 0.05) is 5.52 Å². The molecule has 0 bridgehead atoms. The summed E-state index contributed by atoms with van der Waals surface area (Å²) >= 11 is 0. The summed E-state index contributed by atoms with van der Waals surface area (Å²) in [6, 6.07) is 7.01. The maximum atomic E-state index is 10.4. The van der Waals surface area contributed by atoms with Gasteiger partial charge in [0.1, 0.15) is 0 Å². The Kier molecular flexibility index (Phi) is 1.60. The van der Waals surface area contributed by atoms with Crippen LogP contribution in [0, 0.1) is 6.57 Å². The Balaban J connectivity index is 2.72. The van der Waals surface area contributed by atoms with Crippen LogP contribution in [0.4, 0.5) is 5.69 Å². The van der Waals surface area contributed by atoms with Crippen LogP contribution in [0.25, 0.3) is 15.7 Å². The van der Waals surface area contributed by atoms with Crippen molar-refractivity contribution < 1.29 is 4.79 Å². The second-order valence-electron chi connectivity index (χ2n) is 2.73. The second-order valence-corrected chi connectivity index (χ2v) is 2.73. The summed E-state index contributed by atoms with van der Waals surface area (Å²) in [6.07, 6.45) is 0.761. The molecule has 0 atom stereocenters. The number of rotatable bonds is 1. The van der Waals surface area contributed by atoms with E-state index in [2.05, 4.69) is 9.83 Å². The molecule has 2 rings (SSSR count). The Morgan fingerprint density at radius 1 is 1.38 bits per heavy atom. The number of aldehydes is 1. The van der Waals surface area contributed by atoms with Crippen LogP contribution in [0.3, 0.4) is 0 Å². The molecule has 0 saturated heterocycles. The topological polar surface area (TPSA) is 37.2 Å². The first-order valence-electron chi connectivity index (χ1n) is 3.79. The largest absolute Gasteiger partial charge is 0.352 e. The second kappa shape index (κ2) is 2.76. The maximum absolute atomic E-state index is 10.4. The third kappa shape index (κ3) is 1.18. The van der Waals surface area contributed by atoms with Gasteiger partial charge in [-0.3, -0.25) is 4.79 Å². The SMILES string of the molecule is [C-]#[N+]c1ccc2[nH]c(C=O)cc2c1. The molecular weight excluding hydrogens is 164 g/mol. The molecule has 0 unspecified atom stereocenters. The van der Waals surface area contributed by atoms with Crippen LogP contribution in [0.2, 0.25) is 0 Å². The summed E-state index contributed by atoms with van der Waals surface area (Å²) < 4.78 is 0. The number of fused-ring (bicyclic) bond motifs is 1. The number of nitrogens with zero attached hydrogens (tertiary/aromatic N) is 1. The zero-order valence-electron chi connectivity index (χ0n) is 6.74. The van der Waals surface area contributed by atoms with Crippen LogP contribution < -0.4 is 0 Å². The Morgan fingerprint density at radius 2 is 2.23 bits per heavy atom. The van der Waals surface area contributed by atoms with E-state index in [1.54, 1.807) is 24.3 Å². The summed E-state index contributed by atoms with van der Waals surface area (Å²) in [6.45, 7) is 6.82. The third-order valence-electron chi connectivity index (χ3n) is 1.88. The zero-order chi connectivity index (χ0) is 9.26. The number of carbonyl (C=O) groups is 1. The van der Waals surface area contributed by atoms with Gasteiger partial charge in [-0.05, 0) is 23.6 Å². The number of hydrogen-bond donors (Lipinski definition) is 1. The number of carbonyl (C=O) groups excluding carboxylic acids is 1. The number of H-pyrrole nitrogens is 1. The van der Waals surface area contributed by atoms with Crippen molar-refractivity contribution in [2.75, 3.05) is 0 Å². The summed E-state index contributed by atoms with van der Waals surface area (Å²) in [5, 5.41) is 0.899. The van der Waals surface area contributed by atoms with Crippen molar-refractivity contribution in [2.45, 2.75) is 0 Å². The lowest BCUT2D eigenvalue weighted by Crippen LogP contribution is -1.74. The fourth-order valence-electron chi connectivity index (χ4n) is 1.28. The predicted molar refractivity (Wildman–Crippen MR) is 49.9 cm³/mol. The number of aromatic amines is 1. The Hall–Kier alpha value is -2.08. The molecule has 13 heavy (non-hydrogen) atoms. The predicted octanol–water partition coefficient (Wildman–Crippen LogP) is 2.53. The van der Waals surface area contributed by atoms with Gasteiger partial charge in [0.25, 0.3) is 0 Å². The molecule has 0 radical (unpaired) electrons. The molecule has 1 N–H and O–H groups in total. The number of nitrogens with one attached hydrogen (secondary N) is 1. The molecule has 1 heterocycles. The first-order valence-corrected chi connectivity index (χ1v) is 3.79. The van der Waals surface area contributed by atoms with E-state index < -0.39 is 0 Å². The Labute approximate surface area is 74.8 Å². The van der Waals surface area contributed by atoms with Gasteiger partial charge < -0.3 is 4.98 Å². The molecule has 3 heteroatoms. The number of aromatic nitrogens is 1. The van der Waals surface area contributed by atoms with Crippen molar-refractivity contribution in [2.24, 2.45) is 0 Å². The molecule has 2 aromatic rings. The average Bonchev–Trinajstić information content (AvgIpc) is 2.58. The van der Waals surface area contributed by atoms with E-state index in [0.29, 0.717) is 11.4 Å². The minimum atomic E-state index is 0.539. The molecule has 1 aromatic heterocycles. The molecule has 0 aliphatic carbocycles. The summed E-state index contributed by atoms with van der Waals surface area (Å²) in [4.78, 5) is 16.7. The van der Waals surface area contributed by atoms with Gasteiger partial charge in [-0.1, -0.05) is 6.07 Å². The standard InChI is InChI=1S/C10H6N2O/c1-11-8-2-3-10-7(4-8)5-9(6-13)12-10/h2-6,12H. The van der Waals surface area contributed by atoms with E-state index in [0.717, 1.165) is 17.2 Å². The van der Waals surface area contributed by atoms with Crippen LogP contribution in [0.1, 0.15) is 10.5 Å². The van der Waals surface area contributed by atoms with Crippen molar-refractivity contribution in [3.8, 4) is 0 Å². The van der Waals surface area contributed by atoms with Gasteiger partial charge in [-0.15, -0.1) is 0 Å². The van der Waals surface area contributed by atoms with Gasteiger partial charge >= 0.3 is 0 Å². The highest BCUT2D eigenvalue weighted by Gasteiger charge is 1.99. The van der Waals surface area contributed by atoms with Crippen LogP contribution >= 0.6 is 0 Å². The van der Waals surface area contributed by atoms with Crippen molar-refractivity contribution in [3.63, 3.8) is 0 Å². The summed E-state index contributed by atoms with van der Waals surface area (Å²) in [7, 11) is 0. The first-order chi connectivity index (χ1) is 6.33. The van der Waals surface area contributed by atoms with E-state index in [-0.39, 0.29) is 0 Å². The Bertz CT molecular complexity index is 505. The third-order valence-corrected chi connectivity index (χ3v) is 1.88. The molecular formula is C10H6N2O. The molecule has 0 saturated carbocycles. The lowest BCUT2D eigenvalue weighted by Gasteiger charge is -1.88. The number of benzene rings is 1. The fraction of sp³-hybridized carbons (Fsp3) is 0.